The van der Waals surface area contributed by atoms with E-state index in [0.717, 1.165) is 31.0 Å². The lowest BCUT2D eigenvalue weighted by atomic mass is 9.96. The lowest BCUT2D eigenvalue weighted by Crippen LogP contribution is -2.46. The van der Waals surface area contributed by atoms with E-state index in [-0.39, 0.29) is 17.6 Å². The van der Waals surface area contributed by atoms with Gasteiger partial charge in [0.05, 0.1) is 0 Å². The van der Waals surface area contributed by atoms with Crippen molar-refractivity contribution in [3.63, 3.8) is 0 Å². The zero-order valence-electron chi connectivity index (χ0n) is 17.9. The van der Waals surface area contributed by atoms with Crippen LogP contribution in [0.15, 0.2) is 54.7 Å². The van der Waals surface area contributed by atoms with Crippen LogP contribution in [0.4, 0.5) is 26.2 Å². The highest BCUT2D eigenvalue weighted by Crippen LogP contribution is 2.25. The number of hydrogen-bond acceptors (Lipinski definition) is 6. The fraction of sp³-hybridized carbons (Fsp3) is 0.333. The van der Waals surface area contributed by atoms with E-state index in [1.54, 1.807) is 12.3 Å². The average Bonchev–Trinajstić information content (AvgIpc) is 2.78. The molecule has 0 amide bonds. The first kappa shape index (κ1) is 22.1. The molecule has 2 unspecified atom stereocenters. The molecule has 1 saturated heterocycles. The maximum atomic E-state index is 13.4. The Morgan fingerprint density at radius 1 is 1.12 bits per heavy atom. The van der Waals surface area contributed by atoms with Gasteiger partial charge in [0.1, 0.15) is 23.7 Å². The standard InChI is InChI=1S/C24H27F2N5O/c1-16-4-6-17(7-5-16)14-28-23(32)18-3-2-10-31(15-18)22-8-9-27-24(30-22)29-21-12-19(25)11-20(26)13-21/h4-9,11-13,18,23,28,32H,2-3,10,14-15H2,1H3,(H,27,29,30). The van der Waals surface area contributed by atoms with Crippen molar-refractivity contribution in [3.8, 4) is 0 Å². The van der Waals surface area contributed by atoms with Crippen LogP contribution in [-0.2, 0) is 6.54 Å². The highest BCUT2D eigenvalue weighted by atomic mass is 19.1. The summed E-state index contributed by atoms with van der Waals surface area (Å²) >= 11 is 0. The van der Waals surface area contributed by atoms with E-state index in [0.29, 0.717) is 18.9 Å². The van der Waals surface area contributed by atoms with Gasteiger partial charge in [0, 0.05) is 43.5 Å². The molecule has 168 valence electrons. The molecular formula is C24H27F2N5O. The number of halogens is 2. The van der Waals surface area contributed by atoms with Gasteiger partial charge in [-0.05, 0) is 43.5 Å². The SMILES string of the molecule is Cc1ccc(CNC(O)C2CCCN(c3ccnc(Nc4cc(F)cc(F)c4)n3)C2)cc1. The number of aliphatic hydroxyl groups is 1. The molecule has 0 aliphatic carbocycles. The smallest absolute Gasteiger partial charge is 0.229 e. The van der Waals surface area contributed by atoms with E-state index in [4.69, 9.17) is 0 Å². The van der Waals surface area contributed by atoms with Gasteiger partial charge in [-0.3, -0.25) is 5.32 Å². The number of hydrogen-bond donors (Lipinski definition) is 3. The van der Waals surface area contributed by atoms with Crippen molar-refractivity contribution in [2.45, 2.75) is 32.5 Å². The lowest BCUT2D eigenvalue weighted by Gasteiger charge is -2.36. The highest BCUT2D eigenvalue weighted by molar-refractivity contribution is 5.55. The fourth-order valence-corrected chi connectivity index (χ4v) is 3.91. The molecule has 32 heavy (non-hydrogen) atoms. The second kappa shape index (κ2) is 10.0. The van der Waals surface area contributed by atoms with Crippen LogP contribution in [0, 0.1) is 24.5 Å². The number of anilines is 3. The molecule has 8 heteroatoms. The van der Waals surface area contributed by atoms with Gasteiger partial charge in [0.2, 0.25) is 5.95 Å². The number of piperidine rings is 1. The van der Waals surface area contributed by atoms with Gasteiger partial charge in [-0.15, -0.1) is 0 Å². The zero-order chi connectivity index (χ0) is 22.5. The Labute approximate surface area is 186 Å². The molecule has 1 aliphatic heterocycles. The quantitative estimate of drug-likeness (QED) is 0.481. The van der Waals surface area contributed by atoms with Gasteiger partial charge in [-0.1, -0.05) is 29.8 Å². The monoisotopic (exact) mass is 439 g/mol. The van der Waals surface area contributed by atoms with Gasteiger partial charge < -0.3 is 15.3 Å². The lowest BCUT2D eigenvalue weighted by molar-refractivity contribution is 0.0648. The summed E-state index contributed by atoms with van der Waals surface area (Å²) in [6.07, 6.45) is 2.82. The van der Waals surface area contributed by atoms with Crippen LogP contribution in [0.2, 0.25) is 0 Å². The molecular weight excluding hydrogens is 412 g/mol. The van der Waals surface area contributed by atoms with Gasteiger partial charge in [0.15, 0.2) is 0 Å². The molecule has 2 aromatic carbocycles. The van der Waals surface area contributed by atoms with E-state index in [1.165, 1.54) is 17.7 Å². The second-order valence-corrected chi connectivity index (χ2v) is 8.18. The minimum Gasteiger partial charge on any atom is -0.378 e. The van der Waals surface area contributed by atoms with E-state index in [2.05, 4.69) is 49.8 Å². The maximum absolute atomic E-state index is 13.4. The minimum absolute atomic E-state index is 0.0536. The van der Waals surface area contributed by atoms with Crippen molar-refractivity contribution >= 4 is 17.5 Å². The van der Waals surface area contributed by atoms with E-state index >= 15 is 0 Å². The summed E-state index contributed by atoms with van der Waals surface area (Å²) in [6.45, 7) is 4.11. The largest absolute Gasteiger partial charge is 0.378 e. The number of nitrogens with zero attached hydrogens (tertiary/aromatic N) is 3. The first-order chi connectivity index (χ1) is 15.5. The van der Waals surface area contributed by atoms with Gasteiger partial charge in [-0.25, -0.2) is 13.8 Å². The Morgan fingerprint density at radius 2 is 1.88 bits per heavy atom. The number of benzene rings is 2. The first-order valence-electron chi connectivity index (χ1n) is 10.7. The van der Waals surface area contributed by atoms with Crippen LogP contribution in [0.1, 0.15) is 24.0 Å². The van der Waals surface area contributed by atoms with Crippen LogP contribution in [0.25, 0.3) is 0 Å². The molecule has 0 spiro atoms. The number of nitrogens with one attached hydrogen (secondary N) is 2. The Kier molecular flexibility index (Phi) is 6.92. The number of aromatic nitrogens is 2. The summed E-state index contributed by atoms with van der Waals surface area (Å²) in [4.78, 5) is 10.8. The third-order valence-corrected chi connectivity index (χ3v) is 5.62. The third-order valence-electron chi connectivity index (χ3n) is 5.62. The summed E-state index contributed by atoms with van der Waals surface area (Å²) in [6, 6.07) is 13.2. The summed E-state index contributed by atoms with van der Waals surface area (Å²) in [5.41, 5.74) is 2.58. The normalized spacial score (nSPS) is 17.2. The van der Waals surface area contributed by atoms with Crippen molar-refractivity contribution in [1.29, 1.82) is 0 Å². The predicted octanol–water partition coefficient (Wildman–Crippen LogP) is 4.13. The molecule has 3 N–H and O–H groups in total. The Bertz CT molecular complexity index is 1030. The molecule has 2 atom stereocenters. The molecule has 1 fully saturated rings. The molecule has 0 radical (unpaired) electrons. The second-order valence-electron chi connectivity index (χ2n) is 8.18. The molecule has 0 saturated carbocycles. The maximum Gasteiger partial charge on any atom is 0.229 e. The third kappa shape index (κ3) is 5.77. The average molecular weight is 440 g/mol. The van der Waals surface area contributed by atoms with Gasteiger partial charge >= 0.3 is 0 Å². The highest BCUT2D eigenvalue weighted by Gasteiger charge is 2.26. The molecule has 0 bridgehead atoms. The first-order valence-corrected chi connectivity index (χ1v) is 10.7. The molecule has 1 aliphatic rings. The summed E-state index contributed by atoms with van der Waals surface area (Å²) in [5.74, 6) is -0.329. The van der Waals surface area contributed by atoms with E-state index in [1.807, 2.05) is 6.92 Å². The summed E-state index contributed by atoms with van der Waals surface area (Å²) in [7, 11) is 0. The van der Waals surface area contributed by atoms with Crippen LogP contribution in [0.5, 0.6) is 0 Å². The van der Waals surface area contributed by atoms with Gasteiger partial charge in [0.25, 0.3) is 0 Å². The van der Waals surface area contributed by atoms with Gasteiger partial charge in [-0.2, -0.15) is 4.98 Å². The van der Waals surface area contributed by atoms with Crippen molar-refractivity contribution in [1.82, 2.24) is 15.3 Å². The zero-order valence-corrected chi connectivity index (χ0v) is 17.9. The number of rotatable bonds is 7. The van der Waals surface area contributed by atoms with Crippen LogP contribution >= 0.6 is 0 Å². The van der Waals surface area contributed by atoms with E-state index in [9.17, 15) is 13.9 Å². The van der Waals surface area contributed by atoms with Crippen LogP contribution in [-0.4, -0.2) is 34.4 Å². The predicted molar refractivity (Wildman–Crippen MR) is 121 cm³/mol. The van der Waals surface area contributed by atoms with Crippen LogP contribution in [0.3, 0.4) is 0 Å². The van der Waals surface area contributed by atoms with Crippen molar-refractivity contribution < 1.29 is 13.9 Å². The Morgan fingerprint density at radius 3 is 2.62 bits per heavy atom. The fourth-order valence-electron chi connectivity index (χ4n) is 3.91. The van der Waals surface area contributed by atoms with Crippen molar-refractivity contribution in [2.75, 3.05) is 23.3 Å². The molecule has 4 rings (SSSR count). The Hall–Kier alpha value is -3.10. The summed E-state index contributed by atoms with van der Waals surface area (Å²) < 4.78 is 26.9. The van der Waals surface area contributed by atoms with Crippen molar-refractivity contribution in [3.05, 3.63) is 77.5 Å². The molecule has 6 nitrogen and oxygen atoms in total. The number of aliphatic hydroxyl groups excluding tert-OH is 1. The molecule has 2 heterocycles. The minimum atomic E-state index is -0.672. The van der Waals surface area contributed by atoms with Crippen LogP contribution < -0.4 is 15.5 Å². The summed E-state index contributed by atoms with van der Waals surface area (Å²) in [5, 5.41) is 16.8. The number of aryl methyl sites for hydroxylation is 1. The molecule has 3 aromatic rings. The Balaban J connectivity index is 1.38. The van der Waals surface area contributed by atoms with E-state index < -0.39 is 17.9 Å². The molecule has 1 aromatic heterocycles. The van der Waals surface area contributed by atoms with Crippen molar-refractivity contribution in [2.24, 2.45) is 5.92 Å². The topological polar surface area (TPSA) is 73.3 Å².